The summed E-state index contributed by atoms with van der Waals surface area (Å²) in [6, 6.07) is 7.58. The first kappa shape index (κ1) is 20.7. The van der Waals surface area contributed by atoms with Crippen LogP contribution in [0.15, 0.2) is 46.7 Å². The number of hydrogen-bond donors (Lipinski definition) is 2. The number of nitrogens with zero attached hydrogens (tertiary/aromatic N) is 5. The lowest BCUT2D eigenvalue weighted by molar-refractivity contribution is -0.113. The molecule has 0 saturated carbocycles. The Morgan fingerprint density at radius 3 is 2.38 bits per heavy atom. The van der Waals surface area contributed by atoms with E-state index >= 15 is 0 Å². The summed E-state index contributed by atoms with van der Waals surface area (Å²) < 4.78 is 29.1. The van der Waals surface area contributed by atoms with Gasteiger partial charge in [0, 0.05) is 24.1 Å². The number of rotatable bonds is 7. The van der Waals surface area contributed by atoms with E-state index < -0.39 is 10.0 Å². The van der Waals surface area contributed by atoms with E-state index in [0.29, 0.717) is 22.2 Å². The lowest BCUT2D eigenvalue weighted by Crippen LogP contribution is -2.16. The largest absolute Gasteiger partial charge is 0.325 e. The van der Waals surface area contributed by atoms with Gasteiger partial charge in [-0.15, -0.1) is 10.2 Å². The van der Waals surface area contributed by atoms with Gasteiger partial charge >= 0.3 is 0 Å². The molecule has 2 aromatic heterocycles. The summed E-state index contributed by atoms with van der Waals surface area (Å²) in [5.74, 6) is -0.0749. The molecule has 12 heteroatoms. The molecule has 0 fully saturated rings. The van der Waals surface area contributed by atoms with Crippen LogP contribution >= 0.6 is 11.8 Å². The Kier molecular flexibility index (Phi) is 6.13. The fraction of sp³-hybridized carbons (Fsp3) is 0.235. The number of anilines is 2. The molecule has 0 spiro atoms. The molecule has 1 amide bonds. The van der Waals surface area contributed by atoms with Crippen LogP contribution in [0.2, 0.25) is 0 Å². The van der Waals surface area contributed by atoms with E-state index in [1.54, 1.807) is 37.9 Å². The molecule has 3 aromatic rings. The minimum absolute atomic E-state index is 0.0145. The van der Waals surface area contributed by atoms with E-state index in [0.717, 1.165) is 0 Å². The van der Waals surface area contributed by atoms with Crippen molar-refractivity contribution in [3.63, 3.8) is 0 Å². The summed E-state index contributed by atoms with van der Waals surface area (Å²) in [5, 5.41) is 11.0. The summed E-state index contributed by atoms with van der Waals surface area (Å²) >= 11 is 1.25. The minimum Gasteiger partial charge on any atom is -0.325 e. The van der Waals surface area contributed by atoms with Crippen LogP contribution in [0.4, 0.5) is 11.6 Å². The van der Waals surface area contributed by atoms with E-state index in [9.17, 15) is 13.2 Å². The van der Waals surface area contributed by atoms with Gasteiger partial charge in [0.25, 0.3) is 10.0 Å². The number of carbonyl (C=O) groups is 1. The monoisotopic (exact) mass is 433 g/mol. The molecule has 3 rings (SSSR count). The molecule has 2 heterocycles. The molecular weight excluding hydrogens is 414 g/mol. The average Bonchev–Trinajstić information content (AvgIpc) is 3.04. The minimum atomic E-state index is -3.85. The highest BCUT2D eigenvalue weighted by atomic mass is 32.2. The fourth-order valence-electron chi connectivity index (χ4n) is 2.40. The van der Waals surface area contributed by atoms with Crippen molar-refractivity contribution in [3.05, 3.63) is 48.0 Å². The molecule has 0 bridgehead atoms. The third kappa shape index (κ3) is 5.51. The molecule has 0 atom stereocenters. The van der Waals surface area contributed by atoms with Crippen molar-refractivity contribution in [1.82, 2.24) is 24.7 Å². The second-order valence-corrected chi connectivity index (χ2v) is 8.79. The summed E-state index contributed by atoms with van der Waals surface area (Å²) in [5.41, 5.74) is 1.80. The molecule has 152 valence electrons. The van der Waals surface area contributed by atoms with Crippen LogP contribution < -0.4 is 10.0 Å². The summed E-state index contributed by atoms with van der Waals surface area (Å²) in [6.45, 7) is 3.51. The first-order chi connectivity index (χ1) is 13.7. The zero-order valence-electron chi connectivity index (χ0n) is 15.9. The second-order valence-electron chi connectivity index (χ2n) is 6.17. The third-order valence-electron chi connectivity index (χ3n) is 3.66. The first-order valence-corrected chi connectivity index (χ1v) is 10.9. The van der Waals surface area contributed by atoms with Gasteiger partial charge in [-0.3, -0.25) is 4.79 Å². The topological polar surface area (TPSA) is 132 Å². The molecule has 0 aliphatic carbocycles. The Morgan fingerprint density at radius 1 is 1.14 bits per heavy atom. The molecule has 0 aliphatic rings. The van der Waals surface area contributed by atoms with Crippen LogP contribution in [0, 0.1) is 13.8 Å². The van der Waals surface area contributed by atoms with Gasteiger partial charge < -0.3 is 9.88 Å². The van der Waals surface area contributed by atoms with Crippen LogP contribution in [-0.2, 0) is 21.9 Å². The number of benzene rings is 1. The average molecular weight is 434 g/mol. The van der Waals surface area contributed by atoms with Crippen LogP contribution in [0.1, 0.15) is 11.4 Å². The van der Waals surface area contributed by atoms with Crippen LogP contribution in [-0.4, -0.2) is 44.8 Å². The third-order valence-corrected chi connectivity index (χ3v) is 6.04. The van der Waals surface area contributed by atoms with Crippen molar-refractivity contribution >= 4 is 39.3 Å². The van der Waals surface area contributed by atoms with Gasteiger partial charge in [0.1, 0.15) is 6.33 Å². The maximum Gasteiger partial charge on any atom is 0.264 e. The van der Waals surface area contributed by atoms with Crippen LogP contribution in [0.25, 0.3) is 0 Å². The van der Waals surface area contributed by atoms with Crippen molar-refractivity contribution in [1.29, 1.82) is 0 Å². The van der Waals surface area contributed by atoms with Crippen molar-refractivity contribution in [3.8, 4) is 0 Å². The number of nitrogens with one attached hydrogen (secondary N) is 2. The maximum absolute atomic E-state index is 12.5. The number of thioether (sulfide) groups is 1. The molecule has 0 aliphatic heterocycles. The molecule has 10 nitrogen and oxygen atoms in total. The lowest BCUT2D eigenvalue weighted by atomic mass is 10.3. The van der Waals surface area contributed by atoms with Gasteiger partial charge in [0.15, 0.2) is 5.16 Å². The number of aryl methyl sites for hydroxylation is 3. The fourth-order valence-corrected chi connectivity index (χ4v) is 4.03. The maximum atomic E-state index is 12.5. The highest BCUT2D eigenvalue weighted by Gasteiger charge is 2.16. The van der Waals surface area contributed by atoms with Crippen molar-refractivity contribution < 1.29 is 13.2 Å². The highest BCUT2D eigenvalue weighted by Crippen LogP contribution is 2.18. The Bertz CT molecular complexity index is 1110. The number of amides is 1. The predicted molar refractivity (Wildman–Crippen MR) is 109 cm³/mol. The number of carbonyl (C=O) groups excluding carboxylic acids is 1. The van der Waals surface area contributed by atoms with Crippen molar-refractivity contribution in [2.45, 2.75) is 23.9 Å². The van der Waals surface area contributed by atoms with E-state index in [2.05, 4.69) is 30.2 Å². The molecule has 2 N–H and O–H groups in total. The van der Waals surface area contributed by atoms with Crippen molar-refractivity contribution in [2.24, 2.45) is 7.05 Å². The van der Waals surface area contributed by atoms with Crippen molar-refractivity contribution in [2.75, 3.05) is 15.8 Å². The Labute approximate surface area is 172 Å². The smallest absolute Gasteiger partial charge is 0.264 e. The summed E-state index contributed by atoms with van der Waals surface area (Å²) in [4.78, 5) is 20.3. The summed E-state index contributed by atoms with van der Waals surface area (Å²) in [7, 11) is -2.06. The number of sulfonamides is 1. The van der Waals surface area contributed by atoms with Gasteiger partial charge in [0.2, 0.25) is 11.9 Å². The Hall–Kier alpha value is -2.99. The first-order valence-electron chi connectivity index (χ1n) is 8.45. The predicted octanol–water partition coefficient (Wildman–Crippen LogP) is 1.75. The molecular formula is C17H19N7O3S2. The molecule has 0 saturated heterocycles. The van der Waals surface area contributed by atoms with Gasteiger partial charge in [-0.2, -0.15) is 0 Å². The molecule has 1 aromatic carbocycles. The molecule has 29 heavy (non-hydrogen) atoms. The molecule has 0 unspecified atom stereocenters. The normalized spacial score (nSPS) is 11.3. The highest BCUT2D eigenvalue weighted by molar-refractivity contribution is 7.99. The van der Waals surface area contributed by atoms with Crippen LogP contribution in [0.5, 0.6) is 0 Å². The van der Waals surface area contributed by atoms with E-state index in [-0.39, 0.29) is 22.5 Å². The number of hydrogen-bond acceptors (Lipinski definition) is 8. The van der Waals surface area contributed by atoms with Crippen LogP contribution in [0.3, 0.4) is 0 Å². The van der Waals surface area contributed by atoms with E-state index in [1.807, 2.05) is 0 Å². The zero-order chi connectivity index (χ0) is 21.0. The quantitative estimate of drug-likeness (QED) is 0.539. The molecule has 0 radical (unpaired) electrons. The van der Waals surface area contributed by atoms with Gasteiger partial charge in [-0.25, -0.2) is 23.1 Å². The lowest BCUT2D eigenvalue weighted by Gasteiger charge is -2.09. The Balaban J connectivity index is 1.62. The van der Waals surface area contributed by atoms with Gasteiger partial charge in [0.05, 0.1) is 10.6 Å². The SMILES string of the molecule is Cc1cc(C)nc(NS(=O)(=O)c2ccc(NC(=O)CSc3nncn3C)cc2)n1. The van der Waals surface area contributed by atoms with E-state index in [4.69, 9.17) is 0 Å². The summed E-state index contributed by atoms with van der Waals surface area (Å²) in [6.07, 6.45) is 1.55. The van der Waals surface area contributed by atoms with Gasteiger partial charge in [-0.05, 0) is 44.2 Å². The number of aromatic nitrogens is 5. The second kappa shape index (κ2) is 8.57. The standard InChI is InChI=1S/C17H19N7O3S2/c1-11-8-12(2)20-16(19-11)23-29(26,27)14-6-4-13(5-7-14)21-15(25)9-28-17-22-18-10-24(17)3/h4-8,10H,9H2,1-3H3,(H,21,25)(H,19,20,23). The Morgan fingerprint density at radius 2 is 1.79 bits per heavy atom. The van der Waals surface area contributed by atoms with E-state index in [1.165, 1.54) is 36.0 Å². The van der Waals surface area contributed by atoms with Gasteiger partial charge in [-0.1, -0.05) is 11.8 Å². The zero-order valence-corrected chi connectivity index (χ0v) is 17.6.